The maximum Gasteiger partial charge on any atom is 0.355 e. The SMILES string of the molecule is CC(=O)N/C(=C\c1ccccc1)C(=O)O[C@@H](C)/C(O)=C(\C#N)c1nc2ccccc2[nH]1. The van der Waals surface area contributed by atoms with Gasteiger partial charge in [0.1, 0.15) is 17.3 Å². The summed E-state index contributed by atoms with van der Waals surface area (Å²) in [6.45, 7) is 2.68. The molecule has 1 amide bonds. The molecule has 1 heterocycles. The zero-order valence-electron chi connectivity index (χ0n) is 16.9. The first-order valence-electron chi connectivity index (χ1n) is 9.42. The number of aliphatic hydroxyl groups excluding tert-OH is 1. The van der Waals surface area contributed by atoms with E-state index < -0.39 is 23.7 Å². The van der Waals surface area contributed by atoms with Gasteiger partial charge in [-0.1, -0.05) is 42.5 Å². The lowest BCUT2D eigenvalue weighted by molar-refractivity contribution is -0.144. The number of ether oxygens (including phenoxy) is 1. The van der Waals surface area contributed by atoms with Gasteiger partial charge in [0, 0.05) is 6.92 Å². The fourth-order valence-electron chi connectivity index (χ4n) is 2.84. The number of aliphatic hydroxyl groups is 1. The quantitative estimate of drug-likeness (QED) is 0.244. The van der Waals surface area contributed by atoms with Crippen LogP contribution in [0.5, 0.6) is 0 Å². The van der Waals surface area contributed by atoms with E-state index in [9.17, 15) is 20.0 Å². The summed E-state index contributed by atoms with van der Waals surface area (Å²) in [6.07, 6.45) is 0.296. The number of aromatic nitrogens is 2. The number of nitriles is 1. The Morgan fingerprint density at radius 1 is 1.19 bits per heavy atom. The molecule has 2 aromatic carbocycles. The molecule has 0 bridgehead atoms. The van der Waals surface area contributed by atoms with Gasteiger partial charge in [0.05, 0.1) is 11.0 Å². The number of nitrogens with zero attached hydrogens (tertiary/aromatic N) is 2. The van der Waals surface area contributed by atoms with E-state index in [0.717, 1.165) is 0 Å². The lowest BCUT2D eigenvalue weighted by Gasteiger charge is -2.15. The number of allylic oxidation sites excluding steroid dienone is 1. The standard InChI is InChI=1S/C23H20N4O4/c1-14(21(29)17(13-24)22-26-18-10-6-7-11-19(18)27-22)31-23(30)20(25-15(2)28)12-16-8-4-3-5-9-16/h3-12,14,29H,1-2H3,(H,25,28)(H,26,27)/b20-12-,21-17-/t14-/m0/s1. The Morgan fingerprint density at radius 2 is 1.87 bits per heavy atom. The number of hydrogen-bond acceptors (Lipinski definition) is 6. The Balaban J connectivity index is 1.86. The summed E-state index contributed by atoms with van der Waals surface area (Å²) in [6, 6.07) is 18.0. The van der Waals surface area contributed by atoms with E-state index in [1.807, 2.05) is 18.2 Å². The van der Waals surface area contributed by atoms with Crippen LogP contribution < -0.4 is 5.32 Å². The van der Waals surface area contributed by atoms with Gasteiger partial charge in [-0.15, -0.1) is 0 Å². The summed E-state index contributed by atoms with van der Waals surface area (Å²) in [5.74, 6) is -1.62. The minimum absolute atomic E-state index is 0.0967. The molecule has 0 aliphatic rings. The van der Waals surface area contributed by atoms with Crippen molar-refractivity contribution in [2.75, 3.05) is 0 Å². The van der Waals surface area contributed by atoms with Crippen LogP contribution in [0.4, 0.5) is 0 Å². The Morgan fingerprint density at radius 3 is 2.52 bits per heavy atom. The third-order valence-electron chi connectivity index (χ3n) is 4.30. The van der Waals surface area contributed by atoms with E-state index in [-0.39, 0.29) is 17.1 Å². The van der Waals surface area contributed by atoms with Crippen LogP contribution in [-0.4, -0.2) is 33.1 Å². The molecule has 31 heavy (non-hydrogen) atoms. The zero-order chi connectivity index (χ0) is 22.4. The fraction of sp³-hybridized carbons (Fsp3) is 0.130. The molecule has 0 unspecified atom stereocenters. The van der Waals surface area contributed by atoms with Crippen LogP contribution in [0.1, 0.15) is 25.2 Å². The number of rotatable bonds is 6. The summed E-state index contributed by atoms with van der Waals surface area (Å²) < 4.78 is 5.30. The van der Waals surface area contributed by atoms with E-state index in [1.54, 1.807) is 42.5 Å². The highest BCUT2D eigenvalue weighted by atomic mass is 16.6. The minimum atomic E-state index is -1.16. The molecule has 156 valence electrons. The van der Waals surface area contributed by atoms with E-state index in [1.165, 1.54) is 19.9 Å². The summed E-state index contributed by atoms with van der Waals surface area (Å²) >= 11 is 0. The molecular weight excluding hydrogens is 396 g/mol. The maximum atomic E-state index is 12.6. The van der Waals surface area contributed by atoms with Crippen LogP contribution >= 0.6 is 0 Å². The Bertz CT molecular complexity index is 1190. The van der Waals surface area contributed by atoms with Crippen molar-refractivity contribution >= 4 is 34.6 Å². The third kappa shape index (κ3) is 5.16. The van der Waals surface area contributed by atoms with Crippen LogP contribution in [0.2, 0.25) is 0 Å². The van der Waals surface area contributed by atoms with Gasteiger partial charge in [-0.3, -0.25) is 4.79 Å². The molecular formula is C23H20N4O4. The van der Waals surface area contributed by atoms with Gasteiger partial charge in [0.25, 0.3) is 0 Å². The van der Waals surface area contributed by atoms with Crippen molar-refractivity contribution in [3.8, 4) is 6.07 Å². The first kappa shape index (κ1) is 21.3. The van der Waals surface area contributed by atoms with Crippen molar-refractivity contribution in [1.29, 1.82) is 5.26 Å². The van der Waals surface area contributed by atoms with Gasteiger partial charge in [0.15, 0.2) is 17.7 Å². The van der Waals surface area contributed by atoms with Crippen molar-refractivity contribution in [3.05, 3.63) is 77.4 Å². The van der Waals surface area contributed by atoms with Gasteiger partial charge in [0.2, 0.25) is 5.91 Å². The lowest BCUT2D eigenvalue weighted by atomic mass is 10.1. The topological polar surface area (TPSA) is 128 Å². The summed E-state index contributed by atoms with van der Waals surface area (Å²) in [4.78, 5) is 31.4. The van der Waals surface area contributed by atoms with Crippen LogP contribution in [0.15, 0.2) is 66.1 Å². The number of H-pyrrole nitrogens is 1. The van der Waals surface area contributed by atoms with Crippen molar-refractivity contribution < 1.29 is 19.4 Å². The molecule has 0 spiro atoms. The van der Waals surface area contributed by atoms with Crippen LogP contribution in [-0.2, 0) is 14.3 Å². The number of benzene rings is 2. The van der Waals surface area contributed by atoms with Crippen molar-refractivity contribution in [1.82, 2.24) is 15.3 Å². The highest BCUT2D eigenvalue weighted by Crippen LogP contribution is 2.21. The number of para-hydroxylation sites is 2. The molecule has 0 radical (unpaired) electrons. The molecule has 3 aromatic rings. The van der Waals surface area contributed by atoms with E-state index in [4.69, 9.17) is 4.74 Å². The predicted molar refractivity (Wildman–Crippen MR) is 115 cm³/mol. The predicted octanol–water partition coefficient (Wildman–Crippen LogP) is 3.46. The Kier molecular flexibility index (Phi) is 6.48. The van der Waals surface area contributed by atoms with Crippen molar-refractivity contribution in [3.63, 3.8) is 0 Å². The molecule has 0 aliphatic carbocycles. The smallest absolute Gasteiger partial charge is 0.355 e. The normalized spacial score (nSPS) is 13.1. The Labute approximate surface area is 178 Å². The van der Waals surface area contributed by atoms with Gasteiger partial charge < -0.3 is 20.1 Å². The lowest BCUT2D eigenvalue weighted by Crippen LogP contribution is -2.29. The third-order valence-corrected chi connectivity index (χ3v) is 4.30. The molecule has 0 saturated carbocycles. The van der Waals surface area contributed by atoms with Crippen molar-refractivity contribution in [2.24, 2.45) is 0 Å². The van der Waals surface area contributed by atoms with E-state index in [0.29, 0.717) is 16.6 Å². The van der Waals surface area contributed by atoms with E-state index >= 15 is 0 Å². The zero-order valence-corrected chi connectivity index (χ0v) is 16.9. The van der Waals surface area contributed by atoms with Crippen LogP contribution in [0.3, 0.4) is 0 Å². The average molecular weight is 416 g/mol. The number of nitrogens with one attached hydrogen (secondary N) is 2. The number of fused-ring (bicyclic) bond motifs is 1. The van der Waals surface area contributed by atoms with Gasteiger partial charge in [-0.25, -0.2) is 9.78 Å². The second-order valence-corrected chi connectivity index (χ2v) is 6.67. The molecule has 1 atom stereocenters. The van der Waals surface area contributed by atoms with Crippen LogP contribution in [0.25, 0.3) is 22.7 Å². The largest absolute Gasteiger partial charge is 0.507 e. The molecule has 0 saturated heterocycles. The van der Waals surface area contributed by atoms with Crippen molar-refractivity contribution in [2.45, 2.75) is 20.0 Å². The monoisotopic (exact) mass is 416 g/mol. The van der Waals surface area contributed by atoms with Gasteiger partial charge >= 0.3 is 5.97 Å². The minimum Gasteiger partial charge on any atom is -0.507 e. The fourth-order valence-corrected chi connectivity index (χ4v) is 2.84. The molecule has 3 N–H and O–H groups in total. The van der Waals surface area contributed by atoms with Gasteiger partial charge in [-0.2, -0.15) is 5.26 Å². The molecule has 0 aliphatic heterocycles. The highest BCUT2D eigenvalue weighted by molar-refractivity contribution is 5.97. The molecule has 8 heteroatoms. The molecule has 8 nitrogen and oxygen atoms in total. The average Bonchev–Trinajstić information content (AvgIpc) is 3.17. The second kappa shape index (κ2) is 9.41. The van der Waals surface area contributed by atoms with Gasteiger partial charge in [-0.05, 0) is 30.7 Å². The first-order chi connectivity index (χ1) is 14.9. The highest BCUT2D eigenvalue weighted by Gasteiger charge is 2.23. The summed E-state index contributed by atoms with van der Waals surface area (Å²) in [7, 11) is 0. The first-order valence-corrected chi connectivity index (χ1v) is 9.42. The number of imidazole rings is 1. The number of esters is 1. The molecule has 3 rings (SSSR count). The Hall–Kier alpha value is -4.38. The number of amides is 1. The van der Waals surface area contributed by atoms with E-state index in [2.05, 4.69) is 15.3 Å². The van der Waals surface area contributed by atoms with Crippen LogP contribution in [0, 0.1) is 11.3 Å². The summed E-state index contributed by atoms with van der Waals surface area (Å²) in [5.41, 5.74) is 1.75. The number of hydrogen-bond donors (Lipinski definition) is 3. The number of carbonyl (C=O) groups is 2. The molecule has 1 aromatic heterocycles. The summed E-state index contributed by atoms with van der Waals surface area (Å²) in [5, 5.41) is 22.5. The second-order valence-electron chi connectivity index (χ2n) is 6.67. The number of carbonyl (C=O) groups excluding carboxylic acids is 2. The number of aromatic amines is 1. The maximum absolute atomic E-state index is 12.6. The molecule has 0 fully saturated rings.